The SMILES string of the molecule is COCC([B]CC(C)(C)CC(C)(C)CSSC(O)(O)C(C)(C)CC(C)(C)NCC(C)CC(C)(C)Oc1ccc2c(c1)CCC1C2CCC2(C)C(OC)CCC12)COC. The molecule has 1 radical (unpaired) electrons. The van der Waals surface area contributed by atoms with E-state index in [0.29, 0.717) is 43.0 Å². The molecular weight excluding hydrogens is 761 g/mol. The quantitative estimate of drug-likeness (QED) is 0.0535. The van der Waals surface area contributed by atoms with Crippen LogP contribution in [0.3, 0.4) is 0 Å². The lowest BCUT2D eigenvalue weighted by atomic mass is 9.54. The molecule has 10 heteroatoms. The fraction of sp³-hybridized carbons (Fsp3) is 0.875. The molecule has 2 saturated carbocycles. The minimum Gasteiger partial charge on any atom is -0.488 e. The molecule has 0 heterocycles. The number of rotatable bonds is 24. The molecule has 1 aromatic carbocycles. The normalized spacial score (nSPS) is 25.0. The van der Waals surface area contributed by atoms with Crippen LogP contribution in [-0.4, -0.2) is 86.7 Å². The maximum atomic E-state index is 11.5. The fourth-order valence-electron chi connectivity index (χ4n) is 11.9. The van der Waals surface area contributed by atoms with E-state index in [2.05, 4.69) is 100 Å². The van der Waals surface area contributed by atoms with Crippen molar-refractivity contribution < 1.29 is 29.2 Å². The van der Waals surface area contributed by atoms with Crippen molar-refractivity contribution in [2.75, 3.05) is 46.8 Å². The average molecular weight is 847 g/mol. The number of fused-ring (bicyclic) bond motifs is 5. The van der Waals surface area contributed by atoms with Crippen molar-refractivity contribution in [3.63, 3.8) is 0 Å². The lowest BCUT2D eigenvalue weighted by molar-refractivity contribution is -0.162. The van der Waals surface area contributed by atoms with Crippen LogP contribution >= 0.6 is 21.6 Å². The van der Waals surface area contributed by atoms with Crippen molar-refractivity contribution in [3.8, 4) is 5.75 Å². The summed E-state index contributed by atoms with van der Waals surface area (Å²) in [5, 5.41) is 24.8. The molecule has 1 aromatic rings. The smallest absolute Gasteiger partial charge is 0.228 e. The molecule has 6 unspecified atom stereocenters. The van der Waals surface area contributed by atoms with Crippen LogP contribution in [0.15, 0.2) is 18.2 Å². The Bertz CT molecular complexity index is 1440. The van der Waals surface area contributed by atoms with Gasteiger partial charge < -0.3 is 34.5 Å². The number of hydrogen-bond donors (Lipinski definition) is 3. The Morgan fingerprint density at radius 2 is 1.57 bits per heavy atom. The molecule has 3 N–H and O–H groups in total. The van der Waals surface area contributed by atoms with Crippen LogP contribution < -0.4 is 10.1 Å². The van der Waals surface area contributed by atoms with E-state index in [9.17, 15) is 10.2 Å². The van der Waals surface area contributed by atoms with Gasteiger partial charge in [0.1, 0.15) is 18.6 Å². The second-order valence-corrected chi connectivity index (χ2v) is 25.2. The van der Waals surface area contributed by atoms with Crippen molar-refractivity contribution in [3.05, 3.63) is 29.3 Å². The summed E-state index contributed by atoms with van der Waals surface area (Å²) in [6.45, 7) is 28.9. The molecule has 2 fully saturated rings. The van der Waals surface area contributed by atoms with Gasteiger partial charge in [-0.2, -0.15) is 0 Å². The predicted octanol–water partition coefficient (Wildman–Crippen LogP) is 11.2. The predicted molar refractivity (Wildman–Crippen MR) is 248 cm³/mol. The van der Waals surface area contributed by atoms with Crippen LogP contribution in [0.5, 0.6) is 5.75 Å². The summed E-state index contributed by atoms with van der Waals surface area (Å²) in [7, 11) is 10.5. The third-order valence-electron chi connectivity index (χ3n) is 14.2. The van der Waals surface area contributed by atoms with Crippen LogP contribution in [-0.2, 0) is 20.6 Å². The highest BCUT2D eigenvalue weighted by Crippen LogP contribution is 2.61. The van der Waals surface area contributed by atoms with E-state index < -0.39 is 10.5 Å². The van der Waals surface area contributed by atoms with Crippen LogP contribution in [0.2, 0.25) is 12.1 Å². The summed E-state index contributed by atoms with van der Waals surface area (Å²) < 4.78 is 23.5. The van der Waals surface area contributed by atoms with E-state index in [1.165, 1.54) is 48.5 Å². The number of benzene rings is 1. The maximum Gasteiger partial charge on any atom is 0.228 e. The Labute approximate surface area is 364 Å². The van der Waals surface area contributed by atoms with Crippen LogP contribution in [0.4, 0.5) is 0 Å². The van der Waals surface area contributed by atoms with Gasteiger partial charge in [-0.05, 0) is 172 Å². The van der Waals surface area contributed by atoms with Crippen molar-refractivity contribution in [1.82, 2.24) is 5.32 Å². The summed E-state index contributed by atoms with van der Waals surface area (Å²) >= 11 is 0. The Hall–Kier alpha value is -0.455. The van der Waals surface area contributed by atoms with E-state index in [4.69, 9.17) is 18.9 Å². The molecule has 0 spiro atoms. The van der Waals surface area contributed by atoms with Gasteiger partial charge in [-0.1, -0.05) is 78.6 Å². The first-order valence-electron chi connectivity index (χ1n) is 22.4. The van der Waals surface area contributed by atoms with E-state index >= 15 is 0 Å². The largest absolute Gasteiger partial charge is 0.488 e. The first-order chi connectivity index (χ1) is 26.8. The molecular formula is C48H85BNO6S2. The molecule has 4 rings (SSSR count). The highest BCUT2D eigenvalue weighted by atomic mass is 33.1. The van der Waals surface area contributed by atoms with Gasteiger partial charge in [-0.25, -0.2) is 0 Å². The lowest BCUT2D eigenvalue weighted by Crippen LogP contribution is -2.51. The molecule has 0 bridgehead atoms. The van der Waals surface area contributed by atoms with Crippen molar-refractivity contribution in [2.45, 2.75) is 181 Å². The molecule has 58 heavy (non-hydrogen) atoms. The summed E-state index contributed by atoms with van der Waals surface area (Å²) in [4.78, 5) is 0. The van der Waals surface area contributed by atoms with Crippen molar-refractivity contribution in [2.24, 2.45) is 39.4 Å². The molecule has 0 amide bonds. The van der Waals surface area contributed by atoms with E-state index in [-0.39, 0.29) is 27.8 Å². The van der Waals surface area contributed by atoms with Gasteiger partial charge in [0.15, 0.2) is 0 Å². The molecule has 0 aliphatic heterocycles. The van der Waals surface area contributed by atoms with Crippen LogP contribution in [0.1, 0.15) is 151 Å². The lowest BCUT2D eigenvalue weighted by Gasteiger charge is -2.50. The number of methoxy groups -OCH3 is 3. The number of aryl methyl sites for hydroxylation is 1. The zero-order chi connectivity index (χ0) is 43.4. The molecule has 7 nitrogen and oxygen atoms in total. The van der Waals surface area contributed by atoms with Gasteiger partial charge in [0.25, 0.3) is 0 Å². The summed E-state index contributed by atoms with van der Waals surface area (Å²) in [6.07, 6.45) is 11.4. The zero-order valence-electron chi connectivity index (χ0n) is 39.5. The third-order valence-corrected chi connectivity index (χ3v) is 17.4. The van der Waals surface area contributed by atoms with Gasteiger partial charge in [-0.3, -0.25) is 0 Å². The van der Waals surface area contributed by atoms with Gasteiger partial charge in [0, 0.05) is 51.2 Å². The van der Waals surface area contributed by atoms with E-state index in [0.717, 1.165) is 55.5 Å². The molecule has 0 aromatic heterocycles. The van der Waals surface area contributed by atoms with Crippen molar-refractivity contribution >= 4 is 28.9 Å². The Morgan fingerprint density at radius 3 is 2.21 bits per heavy atom. The van der Waals surface area contributed by atoms with Gasteiger partial charge in [0.05, 0.1) is 6.10 Å². The third kappa shape index (κ3) is 13.3. The number of nitrogens with one attached hydrogen (secondary N) is 1. The zero-order valence-corrected chi connectivity index (χ0v) is 41.1. The van der Waals surface area contributed by atoms with Gasteiger partial charge in [0.2, 0.25) is 5.12 Å². The van der Waals surface area contributed by atoms with E-state index in [1.54, 1.807) is 30.6 Å². The molecule has 6 atom stereocenters. The second kappa shape index (κ2) is 19.9. The summed E-state index contributed by atoms with van der Waals surface area (Å²) in [5.74, 6) is 4.67. The highest BCUT2D eigenvalue weighted by Gasteiger charge is 2.55. The molecule has 0 saturated heterocycles. The topological polar surface area (TPSA) is 89.4 Å². The molecule has 333 valence electrons. The summed E-state index contributed by atoms with van der Waals surface area (Å²) in [5.41, 5.74) is 2.15. The number of ether oxygens (including phenoxy) is 4. The standard InChI is InChI=1S/C48H85BNO6S2/c1-33(25-46(10,11)56-36-17-19-37-34(24-36)16-18-39-38(37)22-23-47(12)40(39)20-21-41(47)55-15)26-50-45(8,9)30-44(6,7)48(51,52)58-57-32-43(4,5)29-42(2,3)31-49-35(27-53-13)28-54-14/h17,19,24,33,35,38-41,50-52H,16,18,20-23,25-32H2,1-15H3. The first-order valence-corrected chi connectivity index (χ1v) is 24.8. The molecule has 3 aliphatic rings. The maximum absolute atomic E-state index is 11.5. The minimum atomic E-state index is -1.89. The Morgan fingerprint density at radius 1 is 0.897 bits per heavy atom. The van der Waals surface area contributed by atoms with Gasteiger partial charge >= 0.3 is 0 Å². The average Bonchev–Trinajstić information content (AvgIpc) is 3.44. The number of aliphatic hydroxyl groups is 2. The monoisotopic (exact) mass is 847 g/mol. The highest BCUT2D eigenvalue weighted by molar-refractivity contribution is 8.77. The number of hydrogen-bond acceptors (Lipinski definition) is 9. The first kappa shape index (κ1) is 50.2. The fourth-order valence-corrected chi connectivity index (χ4v) is 15.1. The minimum absolute atomic E-state index is 0.0212. The summed E-state index contributed by atoms with van der Waals surface area (Å²) in [6, 6.07) is 6.97. The van der Waals surface area contributed by atoms with Crippen LogP contribution in [0, 0.1) is 39.4 Å². The van der Waals surface area contributed by atoms with Crippen LogP contribution in [0.25, 0.3) is 0 Å². The Kier molecular flexibility index (Phi) is 17.3. The van der Waals surface area contributed by atoms with Crippen molar-refractivity contribution in [1.29, 1.82) is 0 Å². The second-order valence-electron chi connectivity index (χ2n) is 22.7. The van der Waals surface area contributed by atoms with E-state index in [1.807, 2.05) is 21.0 Å². The molecule has 3 aliphatic carbocycles. The van der Waals surface area contributed by atoms with Gasteiger partial charge in [-0.15, -0.1) is 0 Å². The Balaban J connectivity index is 1.23.